The number of anilines is 1. The highest BCUT2D eigenvalue weighted by atomic mass is 16.5. The van der Waals surface area contributed by atoms with Crippen LogP contribution in [0.1, 0.15) is 39.0 Å². The van der Waals surface area contributed by atoms with E-state index in [4.69, 9.17) is 14.2 Å². The van der Waals surface area contributed by atoms with Gasteiger partial charge >= 0.3 is 0 Å². The highest BCUT2D eigenvalue weighted by Gasteiger charge is 2.47. The molecule has 3 aromatic carbocycles. The van der Waals surface area contributed by atoms with Crippen LogP contribution in [0.2, 0.25) is 0 Å². The quantitative estimate of drug-likeness (QED) is 0.621. The molecule has 2 heterocycles. The van der Waals surface area contributed by atoms with Crippen LogP contribution >= 0.6 is 0 Å². The van der Waals surface area contributed by atoms with E-state index in [9.17, 15) is 9.59 Å². The van der Waals surface area contributed by atoms with E-state index in [-0.39, 0.29) is 11.8 Å². The molecule has 0 bridgehead atoms. The summed E-state index contributed by atoms with van der Waals surface area (Å²) >= 11 is 0. The molecule has 0 spiro atoms. The van der Waals surface area contributed by atoms with E-state index in [1.165, 1.54) is 7.11 Å². The van der Waals surface area contributed by atoms with Crippen LogP contribution in [0.15, 0.2) is 60.7 Å². The molecule has 2 atom stereocenters. The van der Waals surface area contributed by atoms with Crippen molar-refractivity contribution in [2.45, 2.75) is 18.4 Å². The van der Waals surface area contributed by atoms with Gasteiger partial charge in [-0.2, -0.15) is 0 Å². The van der Waals surface area contributed by atoms with E-state index < -0.39 is 12.0 Å². The Morgan fingerprint density at radius 3 is 2.32 bits per heavy atom. The molecule has 3 aromatic rings. The van der Waals surface area contributed by atoms with Crippen molar-refractivity contribution in [3.63, 3.8) is 0 Å². The Hall–Kier alpha value is -4.00. The van der Waals surface area contributed by atoms with E-state index in [0.717, 1.165) is 17.5 Å². The number of methoxy groups -OCH3 is 3. The van der Waals surface area contributed by atoms with E-state index in [2.05, 4.69) is 11.4 Å². The number of nitrogens with zero attached hydrogens (tertiary/aromatic N) is 1. The number of para-hydroxylation sites is 2. The van der Waals surface area contributed by atoms with Crippen LogP contribution in [0, 0.1) is 0 Å². The van der Waals surface area contributed by atoms with Crippen LogP contribution in [0.25, 0.3) is 0 Å². The van der Waals surface area contributed by atoms with Gasteiger partial charge < -0.3 is 24.4 Å². The number of benzene rings is 3. The average molecular weight is 459 g/mol. The third kappa shape index (κ3) is 3.44. The van der Waals surface area contributed by atoms with Gasteiger partial charge in [-0.1, -0.05) is 36.4 Å². The Balaban J connectivity index is 1.68. The maximum Gasteiger partial charge on any atom is 0.254 e. The SMILES string of the molecule is COc1ccccc1NC(=O)[C@H]1c2cc(OC)c(OC)cc2C(=O)N2CCc3ccccc3[C@H]12. The molecule has 0 radical (unpaired) electrons. The zero-order chi connectivity index (χ0) is 23.8. The molecular weight excluding hydrogens is 432 g/mol. The minimum Gasteiger partial charge on any atom is -0.495 e. The van der Waals surface area contributed by atoms with E-state index in [1.54, 1.807) is 38.5 Å². The standard InChI is InChI=1S/C27H26N2O5/c1-32-21-11-7-6-10-20(21)28-26(30)24-18-14-22(33-2)23(34-3)15-19(18)27(31)29-13-12-16-8-4-5-9-17(16)25(24)29/h4-11,14-15,24-25H,12-13H2,1-3H3,(H,28,30)/t24-,25+/m0/s1. The normalized spacial score (nSPS) is 18.3. The van der Waals surface area contributed by atoms with Gasteiger partial charge in [0.1, 0.15) is 5.75 Å². The fourth-order valence-corrected chi connectivity index (χ4v) is 5.09. The Kier molecular flexibility index (Phi) is 5.61. The van der Waals surface area contributed by atoms with Crippen LogP contribution < -0.4 is 19.5 Å². The number of ether oxygens (including phenoxy) is 3. The first kappa shape index (κ1) is 21.8. The third-order valence-corrected chi connectivity index (χ3v) is 6.68. The molecule has 0 saturated carbocycles. The van der Waals surface area contributed by atoms with Gasteiger partial charge in [-0.3, -0.25) is 9.59 Å². The van der Waals surface area contributed by atoms with E-state index >= 15 is 0 Å². The van der Waals surface area contributed by atoms with Crippen LogP contribution in [-0.2, 0) is 11.2 Å². The summed E-state index contributed by atoms with van der Waals surface area (Å²) in [6.45, 7) is 0.534. The maximum absolute atomic E-state index is 13.9. The fourth-order valence-electron chi connectivity index (χ4n) is 5.09. The molecule has 7 heteroatoms. The summed E-state index contributed by atoms with van der Waals surface area (Å²) in [5.74, 6) is 0.500. The number of nitrogens with one attached hydrogen (secondary N) is 1. The lowest BCUT2D eigenvalue weighted by Gasteiger charge is -2.45. The molecule has 5 rings (SSSR count). The summed E-state index contributed by atoms with van der Waals surface area (Å²) in [6.07, 6.45) is 0.738. The first-order chi connectivity index (χ1) is 16.6. The molecule has 0 aromatic heterocycles. The van der Waals surface area contributed by atoms with Crippen molar-refractivity contribution in [1.82, 2.24) is 4.90 Å². The van der Waals surface area contributed by atoms with Crippen LogP contribution in [0.4, 0.5) is 5.69 Å². The Morgan fingerprint density at radius 2 is 1.56 bits per heavy atom. The second-order valence-electron chi connectivity index (χ2n) is 8.35. The number of hydrogen-bond donors (Lipinski definition) is 1. The van der Waals surface area contributed by atoms with E-state index in [1.807, 2.05) is 35.2 Å². The fraction of sp³-hybridized carbons (Fsp3) is 0.259. The molecule has 2 aliphatic heterocycles. The zero-order valence-electron chi connectivity index (χ0n) is 19.3. The topological polar surface area (TPSA) is 77.1 Å². The van der Waals surface area contributed by atoms with Crippen LogP contribution in [-0.4, -0.2) is 44.6 Å². The summed E-state index contributed by atoms with van der Waals surface area (Å²) in [5, 5.41) is 3.04. The first-order valence-electron chi connectivity index (χ1n) is 11.2. The van der Waals surface area contributed by atoms with Gasteiger partial charge in [0.2, 0.25) is 5.91 Å². The predicted molar refractivity (Wildman–Crippen MR) is 128 cm³/mol. The number of rotatable bonds is 5. The highest BCUT2D eigenvalue weighted by Crippen LogP contribution is 2.48. The summed E-state index contributed by atoms with van der Waals surface area (Å²) < 4.78 is 16.4. The van der Waals surface area contributed by atoms with Gasteiger partial charge in [-0.05, 0) is 47.4 Å². The minimum atomic E-state index is -0.654. The van der Waals surface area contributed by atoms with Crippen molar-refractivity contribution in [2.24, 2.45) is 0 Å². The molecule has 0 fully saturated rings. The predicted octanol–water partition coefficient (Wildman–Crippen LogP) is 4.19. The minimum absolute atomic E-state index is 0.114. The van der Waals surface area contributed by atoms with Gasteiger partial charge in [0.15, 0.2) is 11.5 Å². The zero-order valence-corrected chi connectivity index (χ0v) is 19.3. The van der Waals surface area contributed by atoms with Crippen molar-refractivity contribution in [1.29, 1.82) is 0 Å². The van der Waals surface area contributed by atoms with Gasteiger partial charge in [0.25, 0.3) is 5.91 Å². The van der Waals surface area contributed by atoms with Gasteiger partial charge in [0, 0.05) is 12.1 Å². The third-order valence-electron chi connectivity index (χ3n) is 6.68. The van der Waals surface area contributed by atoms with Crippen molar-refractivity contribution >= 4 is 17.5 Å². The monoisotopic (exact) mass is 458 g/mol. The summed E-state index contributed by atoms with van der Waals surface area (Å²) in [6, 6.07) is 18.3. The van der Waals surface area contributed by atoms with Crippen molar-refractivity contribution < 1.29 is 23.8 Å². The molecule has 0 unspecified atom stereocenters. The molecule has 2 amide bonds. The number of fused-ring (bicyclic) bond motifs is 4. The molecular formula is C27H26N2O5. The first-order valence-corrected chi connectivity index (χ1v) is 11.2. The van der Waals surface area contributed by atoms with Gasteiger partial charge in [0.05, 0.1) is 39.0 Å². The van der Waals surface area contributed by atoms with Crippen molar-refractivity contribution in [3.8, 4) is 17.2 Å². The number of carbonyl (C=O) groups is 2. The lowest BCUT2D eigenvalue weighted by molar-refractivity contribution is -0.119. The molecule has 174 valence electrons. The maximum atomic E-state index is 13.9. The smallest absolute Gasteiger partial charge is 0.254 e. The largest absolute Gasteiger partial charge is 0.495 e. The molecule has 2 aliphatic rings. The highest BCUT2D eigenvalue weighted by molar-refractivity contribution is 6.05. The lowest BCUT2D eigenvalue weighted by atomic mass is 9.75. The van der Waals surface area contributed by atoms with Gasteiger partial charge in [-0.25, -0.2) is 0 Å². The lowest BCUT2D eigenvalue weighted by Crippen LogP contribution is -2.49. The van der Waals surface area contributed by atoms with Crippen molar-refractivity contribution in [2.75, 3.05) is 33.2 Å². The molecule has 7 nitrogen and oxygen atoms in total. The summed E-state index contributed by atoms with van der Waals surface area (Å²) in [7, 11) is 4.64. The van der Waals surface area contributed by atoms with Crippen LogP contribution in [0.5, 0.6) is 17.2 Å². The van der Waals surface area contributed by atoms with Gasteiger partial charge in [-0.15, -0.1) is 0 Å². The summed E-state index contributed by atoms with van der Waals surface area (Å²) in [5.41, 5.74) is 3.78. The summed E-state index contributed by atoms with van der Waals surface area (Å²) in [4.78, 5) is 29.4. The Labute approximate surface area is 198 Å². The average Bonchev–Trinajstić information content (AvgIpc) is 2.88. The molecule has 34 heavy (non-hydrogen) atoms. The molecule has 1 N–H and O–H groups in total. The Morgan fingerprint density at radius 1 is 0.882 bits per heavy atom. The number of carbonyl (C=O) groups excluding carboxylic acids is 2. The molecule has 0 saturated heterocycles. The number of hydrogen-bond acceptors (Lipinski definition) is 5. The second kappa shape index (κ2) is 8.74. The van der Waals surface area contributed by atoms with Crippen molar-refractivity contribution in [3.05, 3.63) is 82.9 Å². The second-order valence-corrected chi connectivity index (χ2v) is 8.35. The van der Waals surface area contributed by atoms with E-state index in [0.29, 0.717) is 40.6 Å². The number of amides is 2. The van der Waals surface area contributed by atoms with Crippen LogP contribution in [0.3, 0.4) is 0 Å². The Bertz CT molecular complexity index is 1270. The molecule has 0 aliphatic carbocycles.